The fraction of sp³-hybridized carbons (Fsp3) is 0.636. The Balaban J connectivity index is 2.35. The van der Waals surface area contributed by atoms with Crippen molar-refractivity contribution in [1.82, 2.24) is 5.32 Å². The van der Waals surface area contributed by atoms with Crippen LogP contribution < -0.4 is 5.32 Å². The molecule has 1 aromatic rings. The van der Waals surface area contributed by atoms with Crippen LogP contribution in [0.25, 0.3) is 0 Å². The average Bonchev–Trinajstić information content (AvgIpc) is 2.59. The molecule has 1 N–H and O–H groups in total. The number of hydrogen-bond donors (Lipinski definition) is 1. The average molecular weight is 229 g/mol. The number of thioether (sulfide) groups is 1. The minimum absolute atomic E-state index is 0.659. The molecule has 1 nitrogen and oxygen atoms in total. The Kier molecular flexibility index (Phi) is 5.60. The Morgan fingerprint density at radius 3 is 2.86 bits per heavy atom. The number of rotatable bonds is 6. The Labute approximate surface area is 95.3 Å². The van der Waals surface area contributed by atoms with Crippen LogP contribution in [0.4, 0.5) is 0 Å². The van der Waals surface area contributed by atoms with Gasteiger partial charge in [0.1, 0.15) is 0 Å². The van der Waals surface area contributed by atoms with Gasteiger partial charge in [-0.15, -0.1) is 11.3 Å². The van der Waals surface area contributed by atoms with Gasteiger partial charge < -0.3 is 5.32 Å². The summed E-state index contributed by atoms with van der Waals surface area (Å²) in [6.45, 7) is 5.46. The lowest BCUT2D eigenvalue weighted by molar-refractivity contribution is 0.544. The zero-order chi connectivity index (χ0) is 10.4. The molecule has 0 spiro atoms. The maximum Gasteiger partial charge on any atom is 0.0305 e. The second-order valence-electron chi connectivity index (χ2n) is 3.47. The predicted molar refractivity (Wildman–Crippen MR) is 68.4 cm³/mol. The number of aryl methyl sites for hydroxylation is 1. The van der Waals surface area contributed by atoms with Gasteiger partial charge >= 0.3 is 0 Å². The molecule has 0 aliphatic heterocycles. The highest BCUT2D eigenvalue weighted by Crippen LogP contribution is 2.15. The van der Waals surface area contributed by atoms with E-state index in [1.807, 2.05) is 23.1 Å². The van der Waals surface area contributed by atoms with Crippen molar-refractivity contribution in [2.24, 2.45) is 0 Å². The zero-order valence-electron chi connectivity index (χ0n) is 9.17. The highest BCUT2D eigenvalue weighted by atomic mass is 32.2. The van der Waals surface area contributed by atoms with Crippen molar-refractivity contribution < 1.29 is 0 Å². The lowest BCUT2D eigenvalue weighted by atomic mass is 10.2. The standard InChI is InChI=1S/C11H19NS2/c1-4-10(8-13-3)12-7-11-9(2)5-6-14-11/h5-6,10,12H,4,7-8H2,1-3H3. The molecule has 14 heavy (non-hydrogen) atoms. The molecule has 1 heterocycles. The van der Waals surface area contributed by atoms with Crippen LogP contribution in [0.1, 0.15) is 23.8 Å². The van der Waals surface area contributed by atoms with Gasteiger partial charge in [0.25, 0.3) is 0 Å². The summed E-state index contributed by atoms with van der Waals surface area (Å²) in [7, 11) is 0. The van der Waals surface area contributed by atoms with Gasteiger partial charge in [0, 0.05) is 23.2 Å². The van der Waals surface area contributed by atoms with E-state index >= 15 is 0 Å². The van der Waals surface area contributed by atoms with Crippen LogP contribution in [-0.2, 0) is 6.54 Å². The smallest absolute Gasteiger partial charge is 0.0305 e. The Morgan fingerprint density at radius 2 is 2.36 bits per heavy atom. The van der Waals surface area contributed by atoms with E-state index in [-0.39, 0.29) is 0 Å². The van der Waals surface area contributed by atoms with Crippen molar-refractivity contribution in [3.63, 3.8) is 0 Å². The summed E-state index contributed by atoms with van der Waals surface area (Å²) in [4.78, 5) is 1.48. The molecule has 3 heteroatoms. The van der Waals surface area contributed by atoms with Gasteiger partial charge in [-0.3, -0.25) is 0 Å². The molecule has 0 aromatic carbocycles. The predicted octanol–water partition coefficient (Wildman–Crippen LogP) is 3.29. The molecule has 0 amide bonds. The molecule has 0 fully saturated rings. The van der Waals surface area contributed by atoms with Crippen molar-refractivity contribution in [3.05, 3.63) is 21.9 Å². The van der Waals surface area contributed by atoms with Crippen molar-refractivity contribution in [2.45, 2.75) is 32.9 Å². The molecule has 0 saturated carbocycles. The van der Waals surface area contributed by atoms with Crippen LogP contribution >= 0.6 is 23.1 Å². The SMILES string of the molecule is CCC(CSC)NCc1sccc1C. The first-order valence-electron chi connectivity index (χ1n) is 5.03. The Morgan fingerprint density at radius 1 is 1.57 bits per heavy atom. The number of thiophene rings is 1. The maximum absolute atomic E-state index is 3.60. The van der Waals surface area contributed by atoms with Gasteiger partial charge in [-0.2, -0.15) is 11.8 Å². The molecule has 80 valence electrons. The largest absolute Gasteiger partial charge is 0.308 e. The van der Waals surface area contributed by atoms with Crippen LogP contribution in [0, 0.1) is 6.92 Å². The first kappa shape index (κ1) is 12.1. The third-order valence-electron chi connectivity index (χ3n) is 2.38. The molecular weight excluding hydrogens is 210 g/mol. The van der Waals surface area contributed by atoms with Gasteiger partial charge in [-0.1, -0.05) is 6.92 Å². The van der Waals surface area contributed by atoms with Crippen LogP contribution in [0.5, 0.6) is 0 Å². The zero-order valence-corrected chi connectivity index (χ0v) is 10.8. The summed E-state index contributed by atoms with van der Waals surface area (Å²) in [5.41, 5.74) is 1.42. The molecule has 1 atom stereocenters. The maximum atomic E-state index is 3.60. The van der Waals surface area contributed by atoms with Crippen molar-refractivity contribution in [3.8, 4) is 0 Å². The van der Waals surface area contributed by atoms with E-state index in [9.17, 15) is 0 Å². The summed E-state index contributed by atoms with van der Waals surface area (Å²) in [5, 5.41) is 5.77. The molecule has 1 rings (SSSR count). The first-order valence-corrected chi connectivity index (χ1v) is 7.30. The van der Waals surface area contributed by atoms with E-state index in [0.717, 1.165) is 6.54 Å². The number of nitrogens with one attached hydrogen (secondary N) is 1. The molecule has 0 bridgehead atoms. The van der Waals surface area contributed by atoms with Crippen molar-refractivity contribution in [1.29, 1.82) is 0 Å². The lowest BCUT2D eigenvalue weighted by Gasteiger charge is -2.15. The molecular formula is C11H19NS2. The van der Waals surface area contributed by atoms with Crippen LogP contribution in [0.2, 0.25) is 0 Å². The van der Waals surface area contributed by atoms with E-state index in [0.29, 0.717) is 6.04 Å². The molecule has 0 saturated heterocycles. The van der Waals surface area contributed by atoms with E-state index in [1.54, 1.807) is 0 Å². The topological polar surface area (TPSA) is 12.0 Å². The fourth-order valence-corrected chi connectivity index (χ4v) is 2.96. The van der Waals surface area contributed by atoms with Crippen LogP contribution in [0.3, 0.4) is 0 Å². The summed E-state index contributed by atoms with van der Waals surface area (Å²) in [6, 6.07) is 2.85. The van der Waals surface area contributed by atoms with Gasteiger partial charge in [0.05, 0.1) is 0 Å². The monoisotopic (exact) mass is 229 g/mol. The highest BCUT2D eigenvalue weighted by Gasteiger charge is 2.05. The summed E-state index contributed by atoms with van der Waals surface area (Å²) < 4.78 is 0. The van der Waals surface area contributed by atoms with Crippen molar-refractivity contribution in [2.75, 3.05) is 12.0 Å². The molecule has 0 radical (unpaired) electrons. The van der Waals surface area contributed by atoms with Gasteiger partial charge in [0.2, 0.25) is 0 Å². The van der Waals surface area contributed by atoms with E-state index in [4.69, 9.17) is 0 Å². The highest BCUT2D eigenvalue weighted by molar-refractivity contribution is 7.98. The lowest BCUT2D eigenvalue weighted by Crippen LogP contribution is -2.29. The van der Waals surface area contributed by atoms with Crippen LogP contribution in [-0.4, -0.2) is 18.1 Å². The quantitative estimate of drug-likeness (QED) is 0.803. The molecule has 0 aliphatic rings. The third-order valence-corrected chi connectivity index (χ3v) is 4.14. The fourth-order valence-electron chi connectivity index (χ4n) is 1.34. The minimum atomic E-state index is 0.659. The van der Waals surface area contributed by atoms with Gasteiger partial charge in [-0.05, 0) is 36.6 Å². The minimum Gasteiger partial charge on any atom is -0.308 e. The second kappa shape index (κ2) is 6.49. The third kappa shape index (κ3) is 3.64. The first-order chi connectivity index (χ1) is 6.77. The Bertz CT molecular complexity index is 258. The number of hydrogen-bond acceptors (Lipinski definition) is 3. The summed E-state index contributed by atoms with van der Waals surface area (Å²) in [5.74, 6) is 1.21. The summed E-state index contributed by atoms with van der Waals surface area (Å²) >= 11 is 3.77. The van der Waals surface area contributed by atoms with Crippen LogP contribution in [0.15, 0.2) is 11.4 Å². The second-order valence-corrected chi connectivity index (χ2v) is 5.38. The molecule has 0 aliphatic carbocycles. The molecule has 1 aromatic heterocycles. The van der Waals surface area contributed by atoms with E-state index < -0.39 is 0 Å². The summed E-state index contributed by atoms with van der Waals surface area (Å²) in [6.07, 6.45) is 3.38. The van der Waals surface area contributed by atoms with Gasteiger partial charge in [0.15, 0.2) is 0 Å². The van der Waals surface area contributed by atoms with Crippen molar-refractivity contribution >= 4 is 23.1 Å². The van der Waals surface area contributed by atoms with E-state index in [2.05, 4.69) is 36.9 Å². The Hall–Kier alpha value is 0.0100. The van der Waals surface area contributed by atoms with E-state index in [1.165, 1.54) is 22.6 Å². The van der Waals surface area contributed by atoms with Gasteiger partial charge in [-0.25, -0.2) is 0 Å². The normalized spacial score (nSPS) is 13.1. The molecule has 1 unspecified atom stereocenters.